The molecule has 0 N–H and O–H groups in total. The van der Waals surface area contributed by atoms with Crippen molar-refractivity contribution in [3.63, 3.8) is 0 Å². The molecule has 6 atom stereocenters. The predicted molar refractivity (Wildman–Crippen MR) is 367 cm³/mol. The summed E-state index contributed by atoms with van der Waals surface area (Å²) in [6.45, 7) is 79.7. The van der Waals surface area contributed by atoms with E-state index in [0.29, 0.717) is 21.7 Å². The molecular weight excluding hydrogens is 937 g/mol. The monoisotopic (exact) mass is 1100 g/mol. The zero-order chi connectivity index (χ0) is 62.2. The molecule has 0 heterocycles. The second-order valence-corrected chi connectivity index (χ2v) is 33.9. The Morgan fingerprint density at radius 3 is 0.692 bits per heavy atom. The fourth-order valence-corrected chi connectivity index (χ4v) is 7.31. The van der Waals surface area contributed by atoms with Crippen LogP contribution in [0.2, 0.25) is 0 Å². The Balaban J connectivity index is -0.000000380. The molecular formula is C78H164. The predicted octanol–water partition coefficient (Wildman–Crippen LogP) is 28.4. The third-order valence-corrected chi connectivity index (χ3v) is 21.7. The van der Waals surface area contributed by atoms with Gasteiger partial charge in [-0.3, -0.25) is 0 Å². The first-order chi connectivity index (χ1) is 35.5. The van der Waals surface area contributed by atoms with Crippen LogP contribution in [0.3, 0.4) is 0 Å². The van der Waals surface area contributed by atoms with Gasteiger partial charge in [0.25, 0.3) is 0 Å². The normalized spacial score (nSPS) is 28.0. The van der Waals surface area contributed by atoms with Crippen molar-refractivity contribution in [1.82, 2.24) is 0 Å². The van der Waals surface area contributed by atoms with Crippen molar-refractivity contribution >= 4 is 0 Å². The average molecular weight is 1100 g/mol. The van der Waals surface area contributed by atoms with E-state index in [1.54, 1.807) is 0 Å². The van der Waals surface area contributed by atoms with Gasteiger partial charge in [-0.05, 0) is 185 Å². The van der Waals surface area contributed by atoms with Gasteiger partial charge < -0.3 is 0 Å². The highest BCUT2D eigenvalue weighted by Crippen LogP contribution is 2.52. The molecule has 0 aromatic rings. The summed E-state index contributed by atoms with van der Waals surface area (Å²) in [6, 6.07) is 0. The van der Waals surface area contributed by atoms with Gasteiger partial charge in [-0.1, -0.05) is 319 Å². The van der Waals surface area contributed by atoms with E-state index in [-0.39, 0.29) is 0 Å². The minimum Gasteiger partial charge on any atom is -0.0654 e. The Bertz CT molecular complexity index is 1170. The lowest BCUT2D eigenvalue weighted by Gasteiger charge is -2.12. The molecule has 9 rings (SSSR count). The smallest absolute Gasteiger partial charge is 0.0326 e. The molecule has 78 heavy (non-hydrogen) atoms. The molecule has 0 nitrogen and oxygen atoms in total. The lowest BCUT2D eigenvalue weighted by atomic mass is 9.94. The SMILES string of the molecule is CC(C)C(C)C.CC(C)C1CC1.CC1C(C)C1C.CC1CC1(C)C.CCC(C)(C)C.CCC(C)(C)C.CCC(C)CC.CCC1(C)CC1.CCC1(C)CC1.CCC1CC1C.CCC1C[C@@H]1C.CCCC1CC1.C[C@H]1CC1(C)C. The first-order valence-corrected chi connectivity index (χ1v) is 35.5. The first-order valence-electron chi connectivity index (χ1n) is 35.5. The molecule has 0 spiro atoms. The van der Waals surface area contributed by atoms with E-state index in [9.17, 15) is 0 Å². The number of hydrogen-bond donors (Lipinski definition) is 0. The zero-order valence-electron chi connectivity index (χ0n) is 62.2. The van der Waals surface area contributed by atoms with Crippen LogP contribution in [0.4, 0.5) is 0 Å². The van der Waals surface area contributed by atoms with Crippen LogP contribution in [0, 0.1) is 121 Å². The van der Waals surface area contributed by atoms with E-state index in [4.69, 9.17) is 0 Å². The quantitative estimate of drug-likeness (QED) is 0.205. The lowest BCUT2D eigenvalue weighted by molar-refractivity contribution is 0.397. The molecule has 9 aliphatic carbocycles. The Labute approximate surface area is 502 Å². The minimum atomic E-state index is 0.542. The maximum atomic E-state index is 2.35. The molecule has 0 amide bonds. The van der Waals surface area contributed by atoms with Crippen LogP contribution >= 0.6 is 0 Å². The molecule has 0 radical (unpaired) electrons. The van der Waals surface area contributed by atoms with Gasteiger partial charge in [0, 0.05) is 0 Å². The highest BCUT2D eigenvalue weighted by atomic mass is 14.5. The maximum absolute atomic E-state index is 2.35. The van der Waals surface area contributed by atoms with Crippen molar-refractivity contribution in [1.29, 1.82) is 0 Å². The third kappa shape index (κ3) is 56.5. The molecule has 0 aliphatic heterocycles. The van der Waals surface area contributed by atoms with E-state index in [1.165, 1.54) is 141 Å². The first kappa shape index (κ1) is 84.5. The molecule has 9 fully saturated rings. The van der Waals surface area contributed by atoms with Crippen LogP contribution in [0.25, 0.3) is 0 Å². The van der Waals surface area contributed by atoms with Gasteiger partial charge in [-0.15, -0.1) is 0 Å². The molecule has 0 heteroatoms. The summed E-state index contributed by atoms with van der Waals surface area (Å²) < 4.78 is 0. The molecule has 4 unspecified atom stereocenters. The van der Waals surface area contributed by atoms with Gasteiger partial charge in [0.05, 0.1) is 0 Å². The van der Waals surface area contributed by atoms with E-state index >= 15 is 0 Å². The van der Waals surface area contributed by atoms with Gasteiger partial charge in [0.2, 0.25) is 0 Å². The van der Waals surface area contributed by atoms with Crippen molar-refractivity contribution in [2.24, 2.45) is 121 Å². The summed E-state index contributed by atoms with van der Waals surface area (Å²) in [6.07, 6.45) is 31.5. The summed E-state index contributed by atoms with van der Waals surface area (Å²) >= 11 is 0. The molecule has 9 aliphatic rings. The van der Waals surface area contributed by atoms with Crippen molar-refractivity contribution in [2.45, 2.75) is 384 Å². The van der Waals surface area contributed by atoms with Gasteiger partial charge in [-0.25, -0.2) is 0 Å². The van der Waals surface area contributed by atoms with Crippen molar-refractivity contribution < 1.29 is 0 Å². The number of rotatable bonds is 10. The van der Waals surface area contributed by atoms with Crippen LogP contribution in [0.15, 0.2) is 0 Å². The second kappa shape index (κ2) is 41.9. The Morgan fingerprint density at radius 1 is 0.436 bits per heavy atom. The fourth-order valence-electron chi connectivity index (χ4n) is 7.31. The molecule has 0 bridgehead atoms. The van der Waals surface area contributed by atoms with E-state index in [2.05, 4.69) is 242 Å². The molecule has 0 saturated heterocycles. The Kier molecular flexibility index (Phi) is 45.4. The number of hydrogen-bond acceptors (Lipinski definition) is 0. The Morgan fingerprint density at radius 2 is 0.679 bits per heavy atom. The van der Waals surface area contributed by atoms with Crippen LogP contribution < -0.4 is 0 Å². The third-order valence-electron chi connectivity index (χ3n) is 21.7. The summed E-state index contributed by atoms with van der Waals surface area (Å²) in [7, 11) is 0. The van der Waals surface area contributed by atoms with Crippen LogP contribution in [-0.2, 0) is 0 Å². The van der Waals surface area contributed by atoms with Crippen LogP contribution in [0.5, 0.6) is 0 Å². The van der Waals surface area contributed by atoms with Crippen LogP contribution in [0.1, 0.15) is 384 Å². The van der Waals surface area contributed by atoms with Gasteiger partial charge in [0.1, 0.15) is 0 Å². The maximum Gasteiger partial charge on any atom is -0.0326 e. The fraction of sp³-hybridized carbons (Fsp3) is 1.00. The molecule has 0 aromatic carbocycles. The highest BCUT2D eigenvalue weighted by Gasteiger charge is 2.42. The van der Waals surface area contributed by atoms with Crippen molar-refractivity contribution in [2.75, 3.05) is 0 Å². The van der Waals surface area contributed by atoms with Gasteiger partial charge in [-0.2, -0.15) is 0 Å². The highest BCUT2D eigenvalue weighted by molar-refractivity contribution is 4.92. The average Bonchev–Trinajstić information content (AvgIpc) is 4.16. The lowest BCUT2D eigenvalue weighted by Crippen LogP contribution is -2.00. The topological polar surface area (TPSA) is 0 Å². The molecule has 0 aromatic heterocycles. The molecule has 476 valence electrons. The Hall–Kier alpha value is 0. The van der Waals surface area contributed by atoms with Crippen molar-refractivity contribution in [3.05, 3.63) is 0 Å². The summed E-state index contributed by atoms with van der Waals surface area (Å²) in [5.74, 6) is 15.2. The molecule has 9 saturated carbocycles. The van der Waals surface area contributed by atoms with Gasteiger partial charge >= 0.3 is 0 Å². The van der Waals surface area contributed by atoms with E-state index in [0.717, 1.165) is 99.6 Å². The van der Waals surface area contributed by atoms with E-state index in [1.807, 2.05) is 0 Å². The van der Waals surface area contributed by atoms with Crippen LogP contribution in [-0.4, -0.2) is 0 Å². The minimum absolute atomic E-state index is 0.542. The standard InChI is InChI=1S/9C6H12.4C6H14/c2*1-5-4-6(5,2)3;1-5(2)6-3-4-6;1-4-5(2)6(4)3;2*1-3-6(2)4-5-6;2*1-3-6-4-5(6)2;1-2-3-6-4-5-6;2*1-5-6(2,3)4;1-5(2)6(3)4;1-4-6(3)5-2/h2*5H,4H2,1-3H3;5-6H,3-4H2,1-2H3;4-6H,1-3H3;2*3-5H2,1-2H3;2*5-6H,3-4H2,1-2H3;6H,2-5H2,1H3;2*5H2,1-4H3;5-6H,1-4H3;6H,4-5H2,1-3H3/t5-;;;;;;5-,6?;;;;;;/m0.....0....../s1. The summed E-state index contributed by atoms with van der Waals surface area (Å²) in [4.78, 5) is 0. The largest absolute Gasteiger partial charge is 0.0654 e. The summed E-state index contributed by atoms with van der Waals surface area (Å²) in [5, 5.41) is 0. The van der Waals surface area contributed by atoms with Crippen molar-refractivity contribution in [3.8, 4) is 0 Å². The summed E-state index contributed by atoms with van der Waals surface area (Å²) in [5.41, 5.74) is 4.08. The zero-order valence-corrected chi connectivity index (χ0v) is 62.2. The van der Waals surface area contributed by atoms with E-state index < -0.39 is 0 Å². The van der Waals surface area contributed by atoms with Gasteiger partial charge in [0.15, 0.2) is 0 Å². The second-order valence-electron chi connectivity index (χ2n) is 33.9.